The molecule has 0 bridgehead atoms. The molecule has 112 valence electrons. The molecule has 0 aliphatic rings. The third-order valence-corrected chi connectivity index (χ3v) is 3.78. The van der Waals surface area contributed by atoms with Crippen LogP contribution in [0.3, 0.4) is 0 Å². The van der Waals surface area contributed by atoms with Crippen molar-refractivity contribution in [3.05, 3.63) is 69.8 Å². The second-order valence-electron chi connectivity index (χ2n) is 5.65. The average molecular weight is 289 g/mol. The molecule has 2 aromatic carbocycles. The summed E-state index contributed by atoms with van der Waals surface area (Å²) in [4.78, 5) is 0. The molecule has 0 aliphatic carbocycles. The third-order valence-electron chi connectivity index (χ3n) is 3.78. The minimum atomic E-state index is -0.547. The van der Waals surface area contributed by atoms with Crippen LogP contribution in [-0.4, -0.2) is 0 Å². The van der Waals surface area contributed by atoms with E-state index >= 15 is 0 Å². The predicted molar refractivity (Wildman–Crippen MR) is 82.3 cm³/mol. The minimum Gasteiger partial charge on any atom is -0.306 e. The van der Waals surface area contributed by atoms with Gasteiger partial charge in [0.15, 0.2) is 0 Å². The highest BCUT2D eigenvalue weighted by atomic mass is 19.1. The molecule has 1 nitrogen and oxygen atoms in total. The zero-order valence-corrected chi connectivity index (χ0v) is 12.9. The van der Waals surface area contributed by atoms with Gasteiger partial charge in [-0.25, -0.2) is 8.78 Å². The lowest BCUT2D eigenvalue weighted by atomic mass is 9.95. The molecule has 0 saturated heterocycles. The van der Waals surface area contributed by atoms with Crippen molar-refractivity contribution in [3.8, 4) is 0 Å². The van der Waals surface area contributed by atoms with Gasteiger partial charge < -0.3 is 5.32 Å². The minimum absolute atomic E-state index is 0.107. The van der Waals surface area contributed by atoms with Gasteiger partial charge >= 0.3 is 0 Å². The lowest BCUT2D eigenvalue weighted by Crippen LogP contribution is -2.20. The van der Waals surface area contributed by atoms with Gasteiger partial charge in [0.1, 0.15) is 11.6 Å². The number of benzene rings is 2. The van der Waals surface area contributed by atoms with Crippen LogP contribution < -0.4 is 5.32 Å². The van der Waals surface area contributed by atoms with Gasteiger partial charge in [0.2, 0.25) is 0 Å². The molecule has 2 rings (SSSR count). The van der Waals surface area contributed by atoms with Gasteiger partial charge in [-0.2, -0.15) is 0 Å². The van der Waals surface area contributed by atoms with Crippen molar-refractivity contribution in [3.63, 3.8) is 0 Å². The second kappa shape index (κ2) is 6.35. The maximum absolute atomic E-state index is 13.6. The Morgan fingerprint density at radius 1 is 1.00 bits per heavy atom. The second-order valence-corrected chi connectivity index (χ2v) is 5.65. The topological polar surface area (TPSA) is 12.0 Å². The Labute approximate surface area is 125 Å². The van der Waals surface area contributed by atoms with Gasteiger partial charge in [-0.05, 0) is 50.5 Å². The van der Waals surface area contributed by atoms with Crippen LogP contribution in [-0.2, 0) is 6.54 Å². The smallest absolute Gasteiger partial charge is 0.130 e. The molecule has 1 atom stereocenters. The highest BCUT2D eigenvalue weighted by Gasteiger charge is 2.12. The monoisotopic (exact) mass is 289 g/mol. The van der Waals surface area contributed by atoms with Gasteiger partial charge in [0.25, 0.3) is 0 Å². The highest BCUT2D eigenvalue weighted by molar-refractivity contribution is 5.39. The summed E-state index contributed by atoms with van der Waals surface area (Å²) in [5, 5.41) is 3.31. The van der Waals surface area contributed by atoms with Crippen LogP contribution in [0.1, 0.15) is 40.8 Å². The maximum Gasteiger partial charge on any atom is 0.130 e. The SMILES string of the molecule is Cc1cc(C)c(C(C)NCc2ccc(F)cc2F)c(C)c1. The van der Waals surface area contributed by atoms with E-state index in [2.05, 4.69) is 45.1 Å². The van der Waals surface area contributed by atoms with E-state index in [1.54, 1.807) is 0 Å². The highest BCUT2D eigenvalue weighted by Crippen LogP contribution is 2.23. The molecule has 3 heteroatoms. The van der Waals surface area contributed by atoms with Gasteiger partial charge in [-0.15, -0.1) is 0 Å². The van der Waals surface area contributed by atoms with Crippen LogP contribution in [0, 0.1) is 32.4 Å². The van der Waals surface area contributed by atoms with E-state index in [0.29, 0.717) is 12.1 Å². The van der Waals surface area contributed by atoms with E-state index in [1.807, 2.05) is 0 Å². The zero-order valence-electron chi connectivity index (χ0n) is 12.9. The summed E-state index contributed by atoms with van der Waals surface area (Å²) in [6, 6.07) is 8.10. The predicted octanol–water partition coefficient (Wildman–Crippen LogP) is 4.74. The number of halogens is 2. The normalized spacial score (nSPS) is 12.5. The Hall–Kier alpha value is -1.74. The van der Waals surface area contributed by atoms with E-state index in [0.717, 1.165) is 6.07 Å². The van der Waals surface area contributed by atoms with Crippen molar-refractivity contribution >= 4 is 0 Å². The lowest BCUT2D eigenvalue weighted by molar-refractivity contribution is 0.531. The van der Waals surface area contributed by atoms with Crippen molar-refractivity contribution in [2.75, 3.05) is 0 Å². The van der Waals surface area contributed by atoms with E-state index in [-0.39, 0.29) is 6.04 Å². The molecule has 0 radical (unpaired) electrons. The fraction of sp³-hybridized carbons (Fsp3) is 0.333. The Balaban J connectivity index is 2.13. The first-order chi connectivity index (χ1) is 9.88. The molecule has 0 aromatic heterocycles. The van der Waals surface area contributed by atoms with Crippen LogP contribution in [0.25, 0.3) is 0 Å². The molecule has 1 unspecified atom stereocenters. The molecule has 0 aliphatic heterocycles. The summed E-state index contributed by atoms with van der Waals surface area (Å²) < 4.78 is 26.5. The zero-order chi connectivity index (χ0) is 15.6. The average Bonchev–Trinajstić information content (AvgIpc) is 2.36. The van der Waals surface area contributed by atoms with Crippen LogP contribution >= 0.6 is 0 Å². The first-order valence-electron chi connectivity index (χ1n) is 7.13. The first-order valence-corrected chi connectivity index (χ1v) is 7.13. The molecule has 21 heavy (non-hydrogen) atoms. The fourth-order valence-electron chi connectivity index (χ4n) is 2.90. The van der Waals surface area contributed by atoms with Gasteiger partial charge in [0.05, 0.1) is 0 Å². The summed E-state index contributed by atoms with van der Waals surface area (Å²) in [7, 11) is 0. The molecule has 2 aromatic rings. The molecule has 1 N–H and O–H groups in total. The van der Waals surface area contributed by atoms with Gasteiger partial charge in [-0.3, -0.25) is 0 Å². The standard InChI is InChI=1S/C18H21F2N/c1-11-7-12(2)18(13(3)8-11)14(4)21-10-15-5-6-16(19)9-17(15)20/h5-9,14,21H,10H2,1-4H3. The Morgan fingerprint density at radius 3 is 2.19 bits per heavy atom. The Morgan fingerprint density at radius 2 is 1.62 bits per heavy atom. The summed E-state index contributed by atoms with van der Waals surface area (Å²) in [6.07, 6.45) is 0. The summed E-state index contributed by atoms with van der Waals surface area (Å²) in [5.41, 5.74) is 5.42. The largest absolute Gasteiger partial charge is 0.306 e. The van der Waals surface area contributed by atoms with Crippen LogP contribution in [0.15, 0.2) is 30.3 Å². The number of nitrogens with one attached hydrogen (secondary N) is 1. The summed E-state index contributed by atoms with van der Waals surface area (Å²) in [5.74, 6) is -1.05. The molecule has 0 spiro atoms. The van der Waals surface area contributed by atoms with E-state index < -0.39 is 11.6 Å². The van der Waals surface area contributed by atoms with E-state index in [1.165, 1.54) is 34.4 Å². The summed E-state index contributed by atoms with van der Waals surface area (Å²) in [6.45, 7) is 8.69. The first kappa shape index (κ1) is 15.6. The number of rotatable bonds is 4. The van der Waals surface area contributed by atoms with Crippen molar-refractivity contribution in [1.29, 1.82) is 0 Å². The number of aryl methyl sites for hydroxylation is 3. The Bertz CT molecular complexity index is 627. The van der Waals surface area contributed by atoms with Crippen molar-refractivity contribution < 1.29 is 8.78 Å². The third kappa shape index (κ3) is 3.67. The summed E-state index contributed by atoms with van der Waals surface area (Å²) >= 11 is 0. The van der Waals surface area contributed by atoms with Crippen LogP contribution in [0.4, 0.5) is 8.78 Å². The molecular formula is C18H21F2N. The lowest BCUT2D eigenvalue weighted by Gasteiger charge is -2.20. The van der Waals surface area contributed by atoms with Crippen molar-refractivity contribution in [1.82, 2.24) is 5.32 Å². The van der Waals surface area contributed by atoms with Crippen molar-refractivity contribution in [2.45, 2.75) is 40.3 Å². The van der Waals surface area contributed by atoms with E-state index in [9.17, 15) is 8.78 Å². The Kier molecular flexibility index (Phi) is 4.73. The number of hydrogen-bond acceptors (Lipinski definition) is 1. The van der Waals surface area contributed by atoms with E-state index in [4.69, 9.17) is 0 Å². The molecule has 0 heterocycles. The molecule has 0 fully saturated rings. The van der Waals surface area contributed by atoms with Crippen molar-refractivity contribution in [2.24, 2.45) is 0 Å². The molecular weight excluding hydrogens is 268 g/mol. The number of hydrogen-bond donors (Lipinski definition) is 1. The van der Waals surface area contributed by atoms with Crippen LogP contribution in [0.5, 0.6) is 0 Å². The fourth-order valence-corrected chi connectivity index (χ4v) is 2.90. The van der Waals surface area contributed by atoms with Crippen LogP contribution in [0.2, 0.25) is 0 Å². The quantitative estimate of drug-likeness (QED) is 0.857. The molecule has 0 saturated carbocycles. The van der Waals surface area contributed by atoms with Gasteiger partial charge in [0, 0.05) is 24.2 Å². The van der Waals surface area contributed by atoms with Gasteiger partial charge in [-0.1, -0.05) is 23.8 Å². The molecule has 0 amide bonds. The maximum atomic E-state index is 13.6.